The molecule has 4 atom stereocenters. The number of amides is 2. The van der Waals surface area contributed by atoms with E-state index in [9.17, 15) is 14.7 Å². The third kappa shape index (κ3) is 3.19. The maximum absolute atomic E-state index is 12.2. The minimum atomic E-state index is -0.879. The molecule has 5 heteroatoms. The Morgan fingerprint density at radius 1 is 1.26 bits per heavy atom. The van der Waals surface area contributed by atoms with Crippen LogP contribution < -0.4 is 5.32 Å². The van der Waals surface area contributed by atoms with Crippen LogP contribution in [0, 0.1) is 11.8 Å². The van der Waals surface area contributed by atoms with Gasteiger partial charge in [-0.25, -0.2) is 9.59 Å². The normalized spacial score (nSPS) is 33.9. The molecular weight excluding hydrogens is 244 g/mol. The molecule has 0 aromatic heterocycles. The summed E-state index contributed by atoms with van der Waals surface area (Å²) in [5.74, 6) is 0.131. The van der Waals surface area contributed by atoms with Crippen LogP contribution in [0.2, 0.25) is 0 Å². The van der Waals surface area contributed by atoms with Gasteiger partial charge in [0.05, 0.1) is 0 Å². The average molecular weight is 268 g/mol. The number of carbonyl (C=O) groups is 2. The molecule has 2 amide bonds. The first-order valence-corrected chi connectivity index (χ1v) is 7.36. The van der Waals surface area contributed by atoms with E-state index in [-0.39, 0.29) is 12.1 Å². The number of nitrogens with one attached hydrogen (secondary N) is 1. The number of nitrogens with zero attached hydrogens (tertiary/aromatic N) is 1. The quantitative estimate of drug-likeness (QED) is 0.820. The van der Waals surface area contributed by atoms with Crippen LogP contribution in [-0.4, -0.2) is 40.6 Å². The molecule has 1 aliphatic heterocycles. The topological polar surface area (TPSA) is 69.6 Å². The number of carbonyl (C=O) groups excluding carboxylic acids is 1. The summed E-state index contributed by atoms with van der Waals surface area (Å²) in [7, 11) is 0. The summed E-state index contributed by atoms with van der Waals surface area (Å²) in [5.41, 5.74) is 0. The van der Waals surface area contributed by atoms with Crippen molar-refractivity contribution >= 4 is 12.0 Å². The SMILES string of the molecule is CCC1CCN(C(=O)NC2CC2CC)C(C(=O)O)C1. The highest BCUT2D eigenvalue weighted by Gasteiger charge is 2.40. The van der Waals surface area contributed by atoms with Gasteiger partial charge in [-0.1, -0.05) is 26.7 Å². The smallest absolute Gasteiger partial charge is 0.326 e. The Hall–Kier alpha value is -1.26. The third-order valence-electron chi connectivity index (χ3n) is 4.59. The van der Waals surface area contributed by atoms with E-state index in [1.54, 1.807) is 0 Å². The Morgan fingerprint density at radius 3 is 2.53 bits per heavy atom. The van der Waals surface area contributed by atoms with Crippen molar-refractivity contribution in [3.05, 3.63) is 0 Å². The first kappa shape index (κ1) is 14.2. The lowest BCUT2D eigenvalue weighted by atomic mass is 9.89. The standard InChI is InChI=1S/C14H24N2O3/c1-3-9-5-6-16(12(7-9)13(17)18)14(19)15-11-8-10(11)4-2/h9-12H,3-8H2,1-2H3,(H,15,19)(H,17,18). The van der Waals surface area contributed by atoms with Crippen LogP contribution in [-0.2, 0) is 4.79 Å². The summed E-state index contributed by atoms with van der Waals surface area (Å²) < 4.78 is 0. The van der Waals surface area contributed by atoms with Crippen LogP contribution in [0.15, 0.2) is 0 Å². The second-order valence-electron chi connectivity index (χ2n) is 5.81. The molecule has 1 heterocycles. The first-order chi connectivity index (χ1) is 9.06. The average Bonchev–Trinajstić information content (AvgIpc) is 3.16. The van der Waals surface area contributed by atoms with Crippen molar-refractivity contribution in [3.63, 3.8) is 0 Å². The van der Waals surface area contributed by atoms with E-state index in [2.05, 4.69) is 19.2 Å². The van der Waals surface area contributed by atoms with Gasteiger partial charge in [-0.2, -0.15) is 0 Å². The molecule has 0 aromatic carbocycles. The Kier molecular flexibility index (Phi) is 4.32. The van der Waals surface area contributed by atoms with Crippen LogP contribution in [0.5, 0.6) is 0 Å². The number of likely N-dealkylation sites (tertiary alicyclic amines) is 1. The highest BCUT2D eigenvalue weighted by Crippen LogP contribution is 2.34. The van der Waals surface area contributed by atoms with Gasteiger partial charge in [-0.05, 0) is 31.1 Å². The van der Waals surface area contributed by atoms with Gasteiger partial charge in [-0.3, -0.25) is 0 Å². The number of hydrogen-bond donors (Lipinski definition) is 2. The fraction of sp³-hybridized carbons (Fsp3) is 0.857. The molecule has 2 N–H and O–H groups in total. The van der Waals surface area contributed by atoms with Gasteiger partial charge in [0.15, 0.2) is 0 Å². The lowest BCUT2D eigenvalue weighted by molar-refractivity contribution is -0.144. The summed E-state index contributed by atoms with van der Waals surface area (Å²) >= 11 is 0. The highest BCUT2D eigenvalue weighted by molar-refractivity contribution is 5.83. The minimum Gasteiger partial charge on any atom is -0.480 e. The summed E-state index contributed by atoms with van der Waals surface area (Å²) in [6.45, 7) is 4.75. The monoisotopic (exact) mass is 268 g/mol. The van der Waals surface area contributed by atoms with Crippen LogP contribution in [0.25, 0.3) is 0 Å². The number of urea groups is 1. The van der Waals surface area contributed by atoms with E-state index in [1.807, 2.05) is 0 Å². The number of piperidine rings is 1. The molecule has 5 nitrogen and oxygen atoms in total. The maximum atomic E-state index is 12.2. The van der Waals surface area contributed by atoms with E-state index in [4.69, 9.17) is 0 Å². The largest absolute Gasteiger partial charge is 0.480 e. The van der Waals surface area contributed by atoms with Gasteiger partial charge in [0.1, 0.15) is 6.04 Å². The maximum Gasteiger partial charge on any atom is 0.326 e. The molecule has 0 radical (unpaired) electrons. The number of carboxylic acid groups (broad SMARTS) is 1. The number of carboxylic acids is 1. The van der Waals surface area contributed by atoms with Gasteiger partial charge in [0.2, 0.25) is 0 Å². The van der Waals surface area contributed by atoms with Crippen LogP contribution in [0.4, 0.5) is 4.79 Å². The zero-order chi connectivity index (χ0) is 14.0. The molecule has 19 heavy (non-hydrogen) atoms. The fourth-order valence-electron chi connectivity index (χ4n) is 3.00. The van der Waals surface area contributed by atoms with Gasteiger partial charge >= 0.3 is 12.0 Å². The fourth-order valence-corrected chi connectivity index (χ4v) is 3.00. The molecule has 2 aliphatic rings. The van der Waals surface area contributed by atoms with Crippen molar-refractivity contribution < 1.29 is 14.7 Å². The van der Waals surface area contributed by atoms with Crippen LogP contribution in [0.3, 0.4) is 0 Å². The highest BCUT2D eigenvalue weighted by atomic mass is 16.4. The first-order valence-electron chi connectivity index (χ1n) is 7.36. The van der Waals surface area contributed by atoms with E-state index in [1.165, 1.54) is 4.90 Å². The van der Waals surface area contributed by atoms with Crippen LogP contribution >= 0.6 is 0 Å². The van der Waals surface area contributed by atoms with E-state index < -0.39 is 12.0 Å². The predicted molar refractivity (Wildman–Crippen MR) is 71.9 cm³/mol. The van der Waals surface area contributed by atoms with Gasteiger partial charge in [0.25, 0.3) is 0 Å². The number of rotatable bonds is 4. The molecule has 0 spiro atoms. The Morgan fingerprint density at radius 2 is 2.00 bits per heavy atom. The molecule has 1 saturated heterocycles. The molecule has 108 valence electrons. The molecule has 2 rings (SSSR count). The Bertz CT molecular complexity index is 359. The van der Waals surface area contributed by atoms with Crippen molar-refractivity contribution in [1.29, 1.82) is 0 Å². The third-order valence-corrected chi connectivity index (χ3v) is 4.59. The van der Waals surface area contributed by atoms with Crippen molar-refractivity contribution in [3.8, 4) is 0 Å². The van der Waals surface area contributed by atoms with Crippen molar-refractivity contribution in [1.82, 2.24) is 10.2 Å². The summed E-state index contributed by atoms with van der Waals surface area (Å²) in [6, 6.07) is -0.587. The van der Waals surface area contributed by atoms with Crippen molar-refractivity contribution in [2.75, 3.05) is 6.54 Å². The van der Waals surface area contributed by atoms with Crippen molar-refractivity contribution in [2.24, 2.45) is 11.8 Å². The summed E-state index contributed by atoms with van der Waals surface area (Å²) in [4.78, 5) is 25.0. The molecule has 0 aromatic rings. The van der Waals surface area contributed by atoms with E-state index in [0.29, 0.717) is 24.8 Å². The number of aliphatic carboxylic acids is 1. The zero-order valence-corrected chi connectivity index (χ0v) is 11.8. The van der Waals surface area contributed by atoms with E-state index >= 15 is 0 Å². The second kappa shape index (κ2) is 5.80. The Labute approximate surface area is 114 Å². The molecular formula is C14H24N2O3. The Balaban J connectivity index is 1.93. The number of hydrogen-bond acceptors (Lipinski definition) is 2. The van der Waals surface area contributed by atoms with Crippen LogP contribution in [0.1, 0.15) is 46.0 Å². The molecule has 1 aliphatic carbocycles. The zero-order valence-electron chi connectivity index (χ0n) is 11.8. The van der Waals surface area contributed by atoms with E-state index in [0.717, 1.165) is 25.7 Å². The summed E-state index contributed by atoms with van der Waals surface area (Å²) in [6.07, 6.45) is 4.59. The van der Waals surface area contributed by atoms with Gasteiger partial charge in [0, 0.05) is 12.6 Å². The molecule has 2 fully saturated rings. The molecule has 0 bridgehead atoms. The lowest BCUT2D eigenvalue weighted by Crippen LogP contribution is -2.54. The second-order valence-corrected chi connectivity index (χ2v) is 5.81. The predicted octanol–water partition coefficient (Wildman–Crippen LogP) is 2.07. The molecule has 4 unspecified atom stereocenters. The minimum absolute atomic E-state index is 0.192. The lowest BCUT2D eigenvalue weighted by Gasteiger charge is -2.36. The van der Waals surface area contributed by atoms with Gasteiger partial charge < -0.3 is 15.3 Å². The van der Waals surface area contributed by atoms with Gasteiger partial charge in [-0.15, -0.1) is 0 Å². The molecule has 1 saturated carbocycles. The summed E-state index contributed by atoms with van der Waals surface area (Å²) in [5, 5.41) is 12.3. The van der Waals surface area contributed by atoms with Crippen molar-refractivity contribution in [2.45, 2.75) is 58.0 Å².